The van der Waals surface area contributed by atoms with Crippen LogP contribution in [0.3, 0.4) is 0 Å². The van der Waals surface area contributed by atoms with Crippen molar-refractivity contribution in [2.45, 2.75) is 19.8 Å². The average Bonchev–Trinajstić information content (AvgIpc) is 2.92. The lowest BCUT2D eigenvalue weighted by atomic mass is 10.1. The number of non-ortho nitro benzene ring substituents is 1. The quantitative estimate of drug-likeness (QED) is 0.646. The molecule has 0 unspecified atom stereocenters. The summed E-state index contributed by atoms with van der Waals surface area (Å²) < 4.78 is 0. The van der Waals surface area contributed by atoms with Crippen molar-refractivity contribution in [1.29, 1.82) is 0 Å². The van der Waals surface area contributed by atoms with Crippen LogP contribution in [0.1, 0.15) is 16.7 Å². The number of nitro benzene ring substituents is 1. The molecule has 0 aliphatic carbocycles. The summed E-state index contributed by atoms with van der Waals surface area (Å²) in [5, 5.41) is 10.9. The molecule has 0 aromatic heterocycles. The maximum absolute atomic E-state index is 12.6. The average molecular weight is 296 g/mol. The largest absolute Gasteiger partial charge is 0.311 e. The zero-order valence-electron chi connectivity index (χ0n) is 12.3. The highest BCUT2D eigenvalue weighted by Crippen LogP contribution is 2.32. The van der Waals surface area contributed by atoms with E-state index in [0.717, 1.165) is 23.1 Å². The minimum Gasteiger partial charge on any atom is -0.311 e. The third-order valence-electron chi connectivity index (χ3n) is 4.08. The number of benzene rings is 2. The Hall–Kier alpha value is -2.69. The van der Waals surface area contributed by atoms with Crippen LogP contribution in [-0.2, 0) is 17.6 Å². The van der Waals surface area contributed by atoms with Crippen molar-refractivity contribution in [3.8, 4) is 0 Å². The van der Waals surface area contributed by atoms with Gasteiger partial charge in [0.05, 0.1) is 17.0 Å². The lowest BCUT2D eigenvalue weighted by Gasteiger charge is -2.18. The van der Waals surface area contributed by atoms with E-state index in [9.17, 15) is 14.9 Å². The van der Waals surface area contributed by atoms with E-state index in [1.54, 1.807) is 11.0 Å². The highest BCUT2D eigenvalue weighted by atomic mass is 16.6. The summed E-state index contributed by atoms with van der Waals surface area (Å²) in [5.41, 5.74) is 3.76. The van der Waals surface area contributed by atoms with Gasteiger partial charge in [0.2, 0.25) is 5.91 Å². The van der Waals surface area contributed by atoms with Gasteiger partial charge in [0.15, 0.2) is 0 Å². The van der Waals surface area contributed by atoms with Gasteiger partial charge < -0.3 is 4.90 Å². The SMILES string of the molecule is Cc1ccccc1CC(=O)N1CCc2ccc([N+](=O)[O-])cc21. The molecule has 1 amide bonds. The van der Waals surface area contributed by atoms with Crippen LogP contribution in [0.5, 0.6) is 0 Å². The summed E-state index contributed by atoms with van der Waals surface area (Å²) in [4.78, 5) is 24.7. The van der Waals surface area contributed by atoms with Gasteiger partial charge in [-0.2, -0.15) is 0 Å². The second kappa shape index (κ2) is 5.60. The molecular formula is C17H16N2O3. The number of aryl methyl sites for hydroxylation is 1. The van der Waals surface area contributed by atoms with Crippen molar-refractivity contribution < 1.29 is 9.72 Å². The van der Waals surface area contributed by atoms with Gasteiger partial charge in [-0.3, -0.25) is 14.9 Å². The smallest absolute Gasteiger partial charge is 0.271 e. The second-order valence-electron chi connectivity index (χ2n) is 5.47. The van der Waals surface area contributed by atoms with E-state index in [4.69, 9.17) is 0 Å². The van der Waals surface area contributed by atoms with E-state index in [1.807, 2.05) is 31.2 Å². The molecule has 2 aromatic rings. The van der Waals surface area contributed by atoms with Crippen LogP contribution in [0.4, 0.5) is 11.4 Å². The number of hydrogen-bond acceptors (Lipinski definition) is 3. The molecule has 0 saturated heterocycles. The van der Waals surface area contributed by atoms with E-state index in [1.165, 1.54) is 12.1 Å². The Labute approximate surface area is 128 Å². The topological polar surface area (TPSA) is 63.5 Å². The first-order chi connectivity index (χ1) is 10.6. The fourth-order valence-corrected chi connectivity index (χ4v) is 2.81. The predicted octanol–water partition coefficient (Wildman–Crippen LogP) is 3.04. The Morgan fingerprint density at radius 3 is 2.77 bits per heavy atom. The van der Waals surface area contributed by atoms with Crippen molar-refractivity contribution in [1.82, 2.24) is 0 Å². The maximum atomic E-state index is 12.6. The number of hydrogen-bond donors (Lipinski definition) is 0. The molecule has 22 heavy (non-hydrogen) atoms. The first-order valence-electron chi connectivity index (χ1n) is 7.18. The normalized spacial score (nSPS) is 13.0. The molecule has 1 aliphatic heterocycles. The Morgan fingerprint density at radius 2 is 2.05 bits per heavy atom. The van der Waals surface area contributed by atoms with Crippen molar-refractivity contribution in [2.75, 3.05) is 11.4 Å². The molecule has 2 aromatic carbocycles. The van der Waals surface area contributed by atoms with Gasteiger partial charge in [-0.25, -0.2) is 0 Å². The zero-order chi connectivity index (χ0) is 15.7. The van der Waals surface area contributed by atoms with Crippen molar-refractivity contribution in [3.63, 3.8) is 0 Å². The molecule has 0 atom stereocenters. The third-order valence-corrected chi connectivity index (χ3v) is 4.08. The molecular weight excluding hydrogens is 280 g/mol. The first-order valence-corrected chi connectivity index (χ1v) is 7.18. The number of carbonyl (C=O) groups excluding carboxylic acids is 1. The van der Waals surface area contributed by atoms with E-state index < -0.39 is 4.92 Å². The van der Waals surface area contributed by atoms with Crippen molar-refractivity contribution in [2.24, 2.45) is 0 Å². The molecule has 0 spiro atoms. The number of nitrogens with zero attached hydrogens (tertiary/aromatic N) is 2. The molecule has 0 bridgehead atoms. The van der Waals surface area contributed by atoms with E-state index in [2.05, 4.69) is 0 Å². The van der Waals surface area contributed by atoms with Crippen LogP contribution >= 0.6 is 0 Å². The summed E-state index contributed by atoms with van der Waals surface area (Å²) in [6, 6.07) is 12.5. The number of carbonyl (C=O) groups is 1. The summed E-state index contributed by atoms with van der Waals surface area (Å²) in [6.45, 7) is 2.56. The van der Waals surface area contributed by atoms with Crippen LogP contribution < -0.4 is 4.90 Å². The van der Waals surface area contributed by atoms with E-state index >= 15 is 0 Å². The number of rotatable bonds is 3. The zero-order valence-corrected chi connectivity index (χ0v) is 12.3. The first kappa shape index (κ1) is 14.3. The molecule has 0 N–H and O–H groups in total. The highest BCUT2D eigenvalue weighted by Gasteiger charge is 2.26. The molecule has 0 radical (unpaired) electrons. The fraction of sp³-hybridized carbons (Fsp3) is 0.235. The minimum absolute atomic E-state index is 0.0199. The standard InChI is InChI=1S/C17H16N2O3/c1-12-4-2-3-5-14(12)10-17(20)18-9-8-13-6-7-15(19(21)22)11-16(13)18/h2-7,11H,8-10H2,1H3. The van der Waals surface area contributed by atoms with Gasteiger partial charge in [-0.05, 0) is 30.0 Å². The summed E-state index contributed by atoms with van der Waals surface area (Å²) in [7, 11) is 0. The number of anilines is 1. The lowest BCUT2D eigenvalue weighted by molar-refractivity contribution is -0.384. The summed E-state index contributed by atoms with van der Waals surface area (Å²) in [6.07, 6.45) is 1.06. The van der Waals surface area contributed by atoms with Crippen molar-refractivity contribution >= 4 is 17.3 Å². The summed E-state index contributed by atoms with van der Waals surface area (Å²) in [5.74, 6) is -0.0199. The molecule has 5 heteroatoms. The van der Waals surface area contributed by atoms with Crippen LogP contribution in [-0.4, -0.2) is 17.4 Å². The van der Waals surface area contributed by atoms with Gasteiger partial charge >= 0.3 is 0 Å². The maximum Gasteiger partial charge on any atom is 0.271 e. The van der Waals surface area contributed by atoms with E-state index in [-0.39, 0.29) is 11.6 Å². The molecule has 1 aliphatic rings. The Bertz CT molecular complexity index is 755. The fourth-order valence-electron chi connectivity index (χ4n) is 2.81. The Kier molecular flexibility index (Phi) is 3.63. The van der Waals surface area contributed by atoms with Gasteiger partial charge in [0.25, 0.3) is 5.69 Å². The van der Waals surface area contributed by atoms with Crippen LogP contribution in [0.25, 0.3) is 0 Å². The monoisotopic (exact) mass is 296 g/mol. The third kappa shape index (κ3) is 2.57. The molecule has 112 valence electrons. The lowest BCUT2D eigenvalue weighted by Crippen LogP contribution is -2.30. The molecule has 5 nitrogen and oxygen atoms in total. The van der Waals surface area contributed by atoms with Gasteiger partial charge in [0.1, 0.15) is 0 Å². The number of fused-ring (bicyclic) bond motifs is 1. The number of amides is 1. The predicted molar refractivity (Wildman–Crippen MR) is 84.0 cm³/mol. The highest BCUT2D eigenvalue weighted by molar-refractivity contribution is 5.97. The second-order valence-corrected chi connectivity index (χ2v) is 5.47. The molecule has 0 saturated carbocycles. The van der Waals surface area contributed by atoms with Gasteiger partial charge in [-0.1, -0.05) is 30.3 Å². The molecule has 1 heterocycles. The van der Waals surface area contributed by atoms with Crippen LogP contribution in [0.2, 0.25) is 0 Å². The van der Waals surface area contributed by atoms with Crippen molar-refractivity contribution in [3.05, 3.63) is 69.3 Å². The molecule has 0 fully saturated rings. The molecule has 3 rings (SSSR count). The minimum atomic E-state index is -0.428. The summed E-state index contributed by atoms with van der Waals surface area (Å²) >= 11 is 0. The Morgan fingerprint density at radius 1 is 1.27 bits per heavy atom. The van der Waals surface area contributed by atoms with Crippen LogP contribution in [0.15, 0.2) is 42.5 Å². The van der Waals surface area contributed by atoms with Gasteiger partial charge in [0, 0.05) is 18.7 Å². The van der Waals surface area contributed by atoms with Gasteiger partial charge in [-0.15, -0.1) is 0 Å². The van der Waals surface area contributed by atoms with Crippen LogP contribution in [0, 0.1) is 17.0 Å². The Balaban J connectivity index is 1.86. The van der Waals surface area contributed by atoms with E-state index in [0.29, 0.717) is 18.7 Å². The number of nitro groups is 1.